The molecule has 3 N–H and O–H groups in total. The van der Waals surface area contributed by atoms with Gasteiger partial charge in [0, 0.05) is 18.1 Å². The van der Waals surface area contributed by atoms with Gasteiger partial charge in [0.05, 0.1) is 0 Å². The zero-order chi connectivity index (χ0) is 12.1. The molecule has 4 fully saturated rings. The third-order valence-corrected chi connectivity index (χ3v) is 6.65. The monoisotopic (exact) mass is 248 g/mol. The van der Waals surface area contributed by atoms with Crippen LogP contribution >= 0.6 is 0 Å². The molecule has 0 aromatic carbocycles. The van der Waals surface area contributed by atoms with Crippen molar-refractivity contribution in [3.8, 4) is 0 Å². The van der Waals surface area contributed by atoms with E-state index in [1.165, 1.54) is 38.5 Å². The van der Waals surface area contributed by atoms with Gasteiger partial charge in [-0.05, 0) is 75.0 Å². The van der Waals surface area contributed by atoms with Crippen LogP contribution in [0.3, 0.4) is 0 Å². The highest BCUT2D eigenvalue weighted by Crippen LogP contribution is 2.58. The van der Waals surface area contributed by atoms with Gasteiger partial charge in [-0.25, -0.2) is 0 Å². The average molecular weight is 248 g/mol. The molecule has 0 amide bonds. The summed E-state index contributed by atoms with van der Waals surface area (Å²) in [7, 11) is 0. The van der Waals surface area contributed by atoms with E-state index in [-0.39, 0.29) is 0 Å². The van der Waals surface area contributed by atoms with E-state index < -0.39 is 0 Å². The highest BCUT2D eigenvalue weighted by Gasteiger charge is 2.53. The van der Waals surface area contributed by atoms with Crippen LogP contribution in [0.25, 0.3) is 0 Å². The molecule has 5 unspecified atom stereocenters. The van der Waals surface area contributed by atoms with Crippen LogP contribution in [-0.4, -0.2) is 18.1 Å². The molecular weight excluding hydrogens is 220 g/mol. The molecule has 5 atom stereocenters. The summed E-state index contributed by atoms with van der Waals surface area (Å²) in [6, 6.07) is 2.14. The Kier molecular flexibility index (Phi) is 2.92. The summed E-state index contributed by atoms with van der Waals surface area (Å²) < 4.78 is 0. The van der Waals surface area contributed by atoms with Gasteiger partial charge >= 0.3 is 0 Å². The molecule has 0 aromatic rings. The summed E-state index contributed by atoms with van der Waals surface area (Å²) in [6.07, 6.45) is 12.8. The van der Waals surface area contributed by atoms with Gasteiger partial charge in [0.1, 0.15) is 0 Å². The molecule has 2 bridgehead atoms. The van der Waals surface area contributed by atoms with E-state index >= 15 is 0 Å². The number of nitrogens with one attached hydrogen (secondary N) is 1. The molecular formula is C16H28N2. The van der Waals surface area contributed by atoms with Crippen molar-refractivity contribution in [1.82, 2.24) is 5.32 Å². The number of hydrogen-bond acceptors (Lipinski definition) is 2. The third-order valence-electron chi connectivity index (χ3n) is 6.65. The normalized spacial score (nSPS) is 54.8. The van der Waals surface area contributed by atoms with Crippen LogP contribution in [0.1, 0.15) is 57.8 Å². The molecule has 0 aliphatic heterocycles. The van der Waals surface area contributed by atoms with Gasteiger partial charge in [0.2, 0.25) is 0 Å². The van der Waals surface area contributed by atoms with Gasteiger partial charge in [0.15, 0.2) is 0 Å². The van der Waals surface area contributed by atoms with Gasteiger partial charge in [-0.15, -0.1) is 0 Å². The Balaban J connectivity index is 1.37. The Morgan fingerprint density at radius 1 is 0.778 bits per heavy atom. The second kappa shape index (κ2) is 4.49. The van der Waals surface area contributed by atoms with Crippen LogP contribution in [0.15, 0.2) is 0 Å². The molecule has 2 heteroatoms. The minimum atomic E-state index is 0.488. The van der Waals surface area contributed by atoms with Crippen molar-refractivity contribution in [2.45, 2.75) is 75.9 Å². The van der Waals surface area contributed by atoms with E-state index in [1.807, 2.05) is 0 Å². The Morgan fingerprint density at radius 3 is 2.39 bits per heavy atom. The van der Waals surface area contributed by atoms with Crippen molar-refractivity contribution in [2.75, 3.05) is 0 Å². The molecule has 0 heterocycles. The number of fused-ring (bicyclic) bond motifs is 5. The van der Waals surface area contributed by atoms with Crippen LogP contribution < -0.4 is 11.1 Å². The van der Waals surface area contributed by atoms with E-state index in [0.717, 1.165) is 35.8 Å². The predicted octanol–water partition coefficient (Wildman–Crippen LogP) is 2.67. The first-order valence-corrected chi connectivity index (χ1v) is 8.33. The standard InChI is InChI=1S/C16H28N2/c17-11-4-6-12(7-5-11)18-16-9-10-8-15(16)14-3-1-2-13(10)14/h10-16,18H,1-9,17H2. The van der Waals surface area contributed by atoms with E-state index in [1.54, 1.807) is 19.3 Å². The second-order valence-electron chi connectivity index (χ2n) is 7.54. The molecule has 4 aliphatic carbocycles. The maximum Gasteiger partial charge on any atom is 0.0103 e. The smallest absolute Gasteiger partial charge is 0.0103 e. The summed E-state index contributed by atoms with van der Waals surface area (Å²) >= 11 is 0. The molecule has 4 rings (SSSR count). The van der Waals surface area contributed by atoms with E-state index in [0.29, 0.717) is 6.04 Å². The summed E-state index contributed by atoms with van der Waals surface area (Å²) in [5.74, 6) is 4.36. The summed E-state index contributed by atoms with van der Waals surface area (Å²) in [4.78, 5) is 0. The maximum atomic E-state index is 6.01. The van der Waals surface area contributed by atoms with Crippen LogP contribution in [0, 0.1) is 23.7 Å². The summed E-state index contributed by atoms with van der Waals surface area (Å²) in [5, 5.41) is 4.03. The van der Waals surface area contributed by atoms with Crippen molar-refractivity contribution >= 4 is 0 Å². The highest BCUT2D eigenvalue weighted by atomic mass is 15.0. The lowest BCUT2D eigenvalue weighted by molar-refractivity contribution is 0.185. The molecule has 102 valence electrons. The van der Waals surface area contributed by atoms with Gasteiger partial charge in [-0.3, -0.25) is 0 Å². The predicted molar refractivity (Wildman–Crippen MR) is 74.2 cm³/mol. The van der Waals surface area contributed by atoms with Crippen molar-refractivity contribution in [3.05, 3.63) is 0 Å². The first kappa shape index (κ1) is 11.7. The lowest BCUT2D eigenvalue weighted by Gasteiger charge is -2.36. The Morgan fingerprint density at radius 2 is 1.56 bits per heavy atom. The van der Waals surface area contributed by atoms with Crippen LogP contribution in [-0.2, 0) is 0 Å². The van der Waals surface area contributed by atoms with E-state index in [9.17, 15) is 0 Å². The summed E-state index contributed by atoms with van der Waals surface area (Å²) in [5.41, 5.74) is 6.01. The van der Waals surface area contributed by atoms with Crippen molar-refractivity contribution in [3.63, 3.8) is 0 Å². The number of rotatable bonds is 2. The fraction of sp³-hybridized carbons (Fsp3) is 1.00. The van der Waals surface area contributed by atoms with E-state index in [2.05, 4.69) is 5.32 Å². The molecule has 4 saturated carbocycles. The molecule has 4 aliphatic rings. The Bertz CT molecular complexity index is 308. The molecule has 0 spiro atoms. The molecule has 0 aromatic heterocycles. The fourth-order valence-corrected chi connectivity index (χ4v) is 5.85. The van der Waals surface area contributed by atoms with Crippen LogP contribution in [0.4, 0.5) is 0 Å². The molecule has 0 radical (unpaired) electrons. The molecule has 0 saturated heterocycles. The van der Waals surface area contributed by atoms with Gasteiger partial charge < -0.3 is 11.1 Å². The summed E-state index contributed by atoms with van der Waals surface area (Å²) in [6.45, 7) is 0. The fourth-order valence-electron chi connectivity index (χ4n) is 5.85. The molecule has 2 nitrogen and oxygen atoms in total. The zero-order valence-corrected chi connectivity index (χ0v) is 11.5. The van der Waals surface area contributed by atoms with Gasteiger partial charge in [-0.1, -0.05) is 6.42 Å². The minimum absolute atomic E-state index is 0.488. The largest absolute Gasteiger partial charge is 0.328 e. The molecule has 18 heavy (non-hydrogen) atoms. The quantitative estimate of drug-likeness (QED) is 0.788. The minimum Gasteiger partial charge on any atom is -0.328 e. The van der Waals surface area contributed by atoms with E-state index in [4.69, 9.17) is 5.73 Å². The van der Waals surface area contributed by atoms with Crippen molar-refractivity contribution < 1.29 is 0 Å². The van der Waals surface area contributed by atoms with Gasteiger partial charge in [0.25, 0.3) is 0 Å². The average Bonchev–Trinajstić information content (AvgIpc) is 3.03. The Labute approximate surface area is 111 Å². The SMILES string of the molecule is NC1CCC(NC2CC3CC2C2CCCC32)CC1. The number of nitrogens with two attached hydrogens (primary N) is 1. The first-order chi connectivity index (χ1) is 8.81. The topological polar surface area (TPSA) is 38.0 Å². The Hall–Kier alpha value is -0.0800. The van der Waals surface area contributed by atoms with Crippen LogP contribution in [0.5, 0.6) is 0 Å². The van der Waals surface area contributed by atoms with Gasteiger partial charge in [-0.2, -0.15) is 0 Å². The van der Waals surface area contributed by atoms with Crippen LogP contribution in [0.2, 0.25) is 0 Å². The zero-order valence-electron chi connectivity index (χ0n) is 11.5. The first-order valence-electron chi connectivity index (χ1n) is 8.33. The number of hydrogen-bond donors (Lipinski definition) is 2. The van der Waals surface area contributed by atoms with Crippen molar-refractivity contribution in [1.29, 1.82) is 0 Å². The third kappa shape index (κ3) is 1.84. The lowest BCUT2D eigenvalue weighted by atomic mass is 9.78. The maximum absolute atomic E-state index is 6.01. The van der Waals surface area contributed by atoms with Crippen molar-refractivity contribution in [2.24, 2.45) is 29.4 Å². The second-order valence-corrected chi connectivity index (χ2v) is 7.54. The lowest BCUT2D eigenvalue weighted by Crippen LogP contribution is -2.47. The highest BCUT2D eigenvalue weighted by molar-refractivity contribution is 5.06.